The lowest BCUT2D eigenvalue weighted by Crippen LogP contribution is -2.58. The van der Waals surface area contributed by atoms with Crippen LogP contribution in [0.15, 0.2) is 12.3 Å². The lowest BCUT2D eigenvalue weighted by Gasteiger charge is -2.48. The van der Waals surface area contributed by atoms with Crippen LogP contribution in [0.5, 0.6) is 5.88 Å². The zero-order valence-corrected chi connectivity index (χ0v) is 12.4. The van der Waals surface area contributed by atoms with Gasteiger partial charge in [-0.1, -0.05) is 0 Å². The first-order valence-corrected chi connectivity index (χ1v) is 7.66. The van der Waals surface area contributed by atoms with Crippen LogP contribution in [0.4, 0.5) is 5.95 Å². The predicted octanol–water partition coefficient (Wildman–Crippen LogP) is 2.35. The summed E-state index contributed by atoms with van der Waals surface area (Å²) in [7, 11) is 0. The molecule has 1 aliphatic heterocycles. The Morgan fingerprint density at radius 2 is 2.30 bits per heavy atom. The van der Waals surface area contributed by atoms with Crippen LogP contribution >= 0.6 is 0 Å². The molecule has 20 heavy (non-hydrogen) atoms. The highest BCUT2D eigenvalue weighted by Gasteiger charge is 2.40. The van der Waals surface area contributed by atoms with Gasteiger partial charge in [0.15, 0.2) is 0 Å². The summed E-state index contributed by atoms with van der Waals surface area (Å²) < 4.78 is 5.61. The molecule has 0 bridgehead atoms. The highest BCUT2D eigenvalue weighted by atomic mass is 16.5. The number of aromatic nitrogens is 2. The quantitative estimate of drug-likeness (QED) is 0.884. The molecule has 1 saturated heterocycles. The van der Waals surface area contributed by atoms with Crippen molar-refractivity contribution < 1.29 is 4.74 Å². The lowest BCUT2D eigenvalue weighted by atomic mass is 9.70. The van der Waals surface area contributed by atoms with Crippen molar-refractivity contribution in [3.05, 3.63) is 12.3 Å². The molecule has 2 aliphatic rings. The summed E-state index contributed by atoms with van der Waals surface area (Å²) in [5.74, 6) is 1.33. The third kappa shape index (κ3) is 3.03. The number of rotatable bonds is 4. The van der Waals surface area contributed by atoms with Crippen molar-refractivity contribution in [3.63, 3.8) is 0 Å². The van der Waals surface area contributed by atoms with Crippen molar-refractivity contribution in [3.8, 4) is 5.88 Å². The van der Waals surface area contributed by atoms with Crippen LogP contribution in [0, 0.1) is 0 Å². The van der Waals surface area contributed by atoms with Gasteiger partial charge in [0.05, 0.1) is 6.10 Å². The summed E-state index contributed by atoms with van der Waals surface area (Å²) in [5.41, 5.74) is 0.391. The number of hydrogen-bond acceptors (Lipinski definition) is 5. The molecule has 1 saturated carbocycles. The standard InChI is InChI=1S/C15H24N4O/c1-11(2)20-13-5-8-16-14(19-13)18-12-4-9-17-15(10-12)6-3-7-15/h5,8,11-12,17H,3-4,6-7,9-10H2,1-2H3,(H,16,18,19). The Hall–Kier alpha value is -1.36. The summed E-state index contributed by atoms with van der Waals surface area (Å²) in [4.78, 5) is 8.74. The summed E-state index contributed by atoms with van der Waals surface area (Å²) in [6, 6.07) is 2.27. The van der Waals surface area contributed by atoms with Crippen LogP contribution in [-0.4, -0.2) is 34.2 Å². The van der Waals surface area contributed by atoms with Crippen molar-refractivity contribution in [1.29, 1.82) is 0 Å². The molecule has 2 N–H and O–H groups in total. The second-order valence-electron chi connectivity index (χ2n) is 6.28. The Bertz CT molecular complexity index is 459. The Labute approximate surface area is 120 Å². The monoisotopic (exact) mass is 276 g/mol. The number of hydrogen-bond donors (Lipinski definition) is 2. The van der Waals surface area contributed by atoms with Gasteiger partial charge >= 0.3 is 0 Å². The number of anilines is 1. The number of nitrogens with zero attached hydrogens (tertiary/aromatic N) is 2. The van der Waals surface area contributed by atoms with Crippen LogP contribution in [0.2, 0.25) is 0 Å². The molecular formula is C15H24N4O. The molecule has 3 rings (SSSR count). The fourth-order valence-corrected chi connectivity index (χ4v) is 3.17. The van der Waals surface area contributed by atoms with E-state index in [0.717, 1.165) is 13.0 Å². The van der Waals surface area contributed by atoms with E-state index in [1.165, 1.54) is 25.7 Å². The topological polar surface area (TPSA) is 59.1 Å². The van der Waals surface area contributed by atoms with Crippen LogP contribution < -0.4 is 15.4 Å². The van der Waals surface area contributed by atoms with Crippen molar-refractivity contribution in [2.24, 2.45) is 0 Å². The molecule has 1 aliphatic carbocycles. The van der Waals surface area contributed by atoms with Crippen LogP contribution in [0.3, 0.4) is 0 Å². The van der Waals surface area contributed by atoms with Gasteiger partial charge in [0.2, 0.25) is 11.8 Å². The highest BCUT2D eigenvalue weighted by Crippen LogP contribution is 2.38. The zero-order chi connectivity index (χ0) is 14.0. The van der Waals surface area contributed by atoms with Crippen molar-refractivity contribution in [1.82, 2.24) is 15.3 Å². The molecule has 2 heterocycles. The van der Waals surface area contributed by atoms with E-state index in [1.807, 2.05) is 13.8 Å². The highest BCUT2D eigenvalue weighted by molar-refractivity contribution is 5.29. The van der Waals surface area contributed by atoms with Gasteiger partial charge in [-0.05, 0) is 52.5 Å². The normalized spacial score (nSPS) is 24.4. The van der Waals surface area contributed by atoms with E-state index < -0.39 is 0 Å². The third-order valence-corrected chi connectivity index (χ3v) is 4.26. The first-order valence-electron chi connectivity index (χ1n) is 7.66. The average Bonchev–Trinajstić information content (AvgIpc) is 2.37. The zero-order valence-electron chi connectivity index (χ0n) is 12.4. The molecule has 0 amide bonds. The van der Waals surface area contributed by atoms with Crippen LogP contribution in [0.25, 0.3) is 0 Å². The number of ether oxygens (including phenoxy) is 1. The smallest absolute Gasteiger partial charge is 0.226 e. The maximum absolute atomic E-state index is 5.61. The number of piperidine rings is 1. The van der Waals surface area contributed by atoms with Gasteiger partial charge in [-0.15, -0.1) is 0 Å². The molecule has 2 fully saturated rings. The first kappa shape index (κ1) is 13.6. The van der Waals surface area contributed by atoms with E-state index in [0.29, 0.717) is 23.4 Å². The summed E-state index contributed by atoms with van der Waals surface area (Å²) in [5, 5.41) is 7.16. The minimum Gasteiger partial charge on any atom is -0.475 e. The Kier molecular flexibility index (Phi) is 3.78. The molecule has 1 aromatic heterocycles. The average molecular weight is 276 g/mol. The number of nitrogens with one attached hydrogen (secondary N) is 2. The molecule has 5 nitrogen and oxygen atoms in total. The maximum Gasteiger partial charge on any atom is 0.226 e. The Morgan fingerprint density at radius 1 is 1.45 bits per heavy atom. The second kappa shape index (κ2) is 5.56. The van der Waals surface area contributed by atoms with E-state index in [4.69, 9.17) is 4.74 Å². The first-order chi connectivity index (χ1) is 9.65. The molecule has 1 spiro atoms. The largest absolute Gasteiger partial charge is 0.475 e. The molecule has 1 atom stereocenters. The van der Waals surface area contributed by atoms with Gasteiger partial charge in [-0.3, -0.25) is 0 Å². The fourth-order valence-electron chi connectivity index (χ4n) is 3.17. The van der Waals surface area contributed by atoms with Crippen LogP contribution in [-0.2, 0) is 0 Å². The minimum atomic E-state index is 0.134. The summed E-state index contributed by atoms with van der Waals surface area (Å²) >= 11 is 0. The van der Waals surface area contributed by atoms with Gasteiger partial charge < -0.3 is 15.4 Å². The fraction of sp³-hybridized carbons (Fsp3) is 0.733. The predicted molar refractivity (Wildman–Crippen MR) is 79.0 cm³/mol. The van der Waals surface area contributed by atoms with Gasteiger partial charge in [0.1, 0.15) is 0 Å². The van der Waals surface area contributed by atoms with E-state index in [-0.39, 0.29) is 6.10 Å². The van der Waals surface area contributed by atoms with Gasteiger partial charge in [0, 0.05) is 23.8 Å². The molecule has 5 heteroatoms. The molecule has 0 aromatic carbocycles. The van der Waals surface area contributed by atoms with Crippen molar-refractivity contribution in [2.75, 3.05) is 11.9 Å². The third-order valence-electron chi connectivity index (χ3n) is 4.26. The SMILES string of the molecule is CC(C)Oc1ccnc(NC2CCNC3(CCC3)C2)n1. The van der Waals surface area contributed by atoms with E-state index in [1.54, 1.807) is 12.3 Å². The van der Waals surface area contributed by atoms with E-state index in [2.05, 4.69) is 20.6 Å². The Morgan fingerprint density at radius 3 is 3.00 bits per heavy atom. The van der Waals surface area contributed by atoms with Crippen LogP contribution in [0.1, 0.15) is 46.0 Å². The molecule has 0 radical (unpaired) electrons. The van der Waals surface area contributed by atoms with Gasteiger partial charge in [-0.2, -0.15) is 4.98 Å². The van der Waals surface area contributed by atoms with Crippen molar-refractivity contribution >= 4 is 5.95 Å². The Balaban J connectivity index is 1.62. The van der Waals surface area contributed by atoms with E-state index in [9.17, 15) is 0 Å². The second-order valence-corrected chi connectivity index (χ2v) is 6.28. The molecular weight excluding hydrogens is 252 g/mol. The molecule has 1 aromatic rings. The van der Waals surface area contributed by atoms with E-state index >= 15 is 0 Å². The van der Waals surface area contributed by atoms with Gasteiger partial charge in [0.25, 0.3) is 0 Å². The van der Waals surface area contributed by atoms with Crippen molar-refractivity contribution in [2.45, 2.75) is 63.6 Å². The lowest BCUT2D eigenvalue weighted by molar-refractivity contribution is 0.135. The maximum atomic E-state index is 5.61. The summed E-state index contributed by atoms with van der Waals surface area (Å²) in [6.07, 6.45) is 8.16. The molecule has 110 valence electrons. The minimum absolute atomic E-state index is 0.134. The van der Waals surface area contributed by atoms with Gasteiger partial charge in [-0.25, -0.2) is 4.98 Å². The molecule has 1 unspecified atom stereocenters. The summed E-state index contributed by atoms with van der Waals surface area (Å²) in [6.45, 7) is 5.09.